The van der Waals surface area contributed by atoms with Crippen molar-refractivity contribution in [2.45, 2.75) is 5.51 Å². The molecule has 0 atom stereocenters. The number of hydrogen-bond acceptors (Lipinski definition) is 4. The van der Waals surface area contributed by atoms with Crippen molar-refractivity contribution in [2.24, 2.45) is 4.40 Å². The predicted octanol–water partition coefficient (Wildman–Crippen LogP) is 1.54. The number of para-hydroxylation sites is 1. The molecule has 0 aliphatic heterocycles. The normalized spacial score (nSPS) is 12.9. The molecule has 0 fully saturated rings. The molecule has 0 bridgehead atoms. The molecule has 0 amide bonds. The first-order valence-electron chi connectivity index (χ1n) is 5.14. The summed E-state index contributed by atoms with van der Waals surface area (Å²) in [5.74, 6) is 0. The fourth-order valence-electron chi connectivity index (χ4n) is 1.20. The van der Waals surface area contributed by atoms with Crippen molar-refractivity contribution in [3.63, 3.8) is 0 Å². The van der Waals surface area contributed by atoms with Crippen molar-refractivity contribution >= 4 is 16.2 Å². The van der Waals surface area contributed by atoms with E-state index in [2.05, 4.69) is 14.6 Å². The maximum atomic E-state index is 12.1. The number of alkyl halides is 3. The van der Waals surface area contributed by atoms with Gasteiger partial charge in [-0.3, -0.25) is 0 Å². The second-order valence-electron chi connectivity index (χ2n) is 3.55. The van der Waals surface area contributed by atoms with Crippen LogP contribution in [0.4, 0.5) is 13.2 Å². The molecule has 0 spiro atoms. The predicted molar refractivity (Wildman–Crippen MR) is 63.9 cm³/mol. The Kier molecular flexibility index (Phi) is 3.57. The second kappa shape index (κ2) is 5.04. The lowest BCUT2D eigenvalue weighted by molar-refractivity contribution is -0.0435. The summed E-state index contributed by atoms with van der Waals surface area (Å²) in [7, 11) is -5.56. The van der Waals surface area contributed by atoms with E-state index in [0.717, 1.165) is 11.0 Å². The number of sulfonamides is 1. The van der Waals surface area contributed by atoms with E-state index >= 15 is 0 Å². The van der Waals surface area contributed by atoms with Gasteiger partial charge in [-0.2, -0.15) is 35.9 Å². The van der Waals surface area contributed by atoms with Gasteiger partial charge in [0.15, 0.2) is 0 Å². The largest absolute Gasteiger partial charge is 0.518 e. The fourth-order valence-corrected chi connectivity index (χ4v) is 1.57. The molecule has 106 valence electrons. The van der Waals surface area contributed by atoms with Gasteiger partial charge in [0.1, 0.15) is 5.69 Å². The van der Waals surface area contributed by atoms with Crippen molar-refractivity contribution in [3.8, 4) is 5.69 Å². The molecular weight excluding hydrogens is 297 g/mol. The summed E-state index contributed by atoms with van der Waals surface area (Å²) in [6.45, 7) is 0. The summed E-state index contributed by atoms with van der Waals surface area (Å²) in [5, 5.41) is 7.58. The van der Waals surface area contributed by atoms with Gasteiger partial charge in [-0.05, 0) is 12.1 Å². The Morgan fingerprint density at radius 1 is 1.20 bits per heavy atom. The van der Waals surface area contributed by atoms with Crippen LogP contribution in [0.5, 0.6) is 0 Å². The van der Waals surface area contributed by atoms with E-state index in [0.29, 0.717) is 11.9 Å². The van der Waals surface area contributed by atoms with Crippen molar-refractivity contribution in [3.05, 3.63) is 42.2 Å². The topological polar surface area (TPSA) is 77.2 Å². The Bertz CT molecular complexity index is 722. The van der Waals surface area contributed by atoms with Gasteiger partial charge in [0.2, 0.25) is 0 Å². The average Bonchev–Trinajstić information content (AvgIpc) is 2.85. The highest BCUT2D eigenvalue weighted by molar-refractivity contribution is 7.91. The maximum Gasteiger partial charge on any atom is 0.518 e. The zero-order chi connectivity index (χ0) is 14.8. The minimum absolute atomic E-state index is 0.110. The van der Waals surface area contributed by atoms with Gasteiger partial charge in [-0.25, -0.2) is 0 Å². The van der Waals surface area contributed by atoms with Gasteiger partial charge in [0.05, 0.1) is 18.1 Å². The minimum Gasteiger partial charge on any atom is -0.195 e. The number of nitrogens with zero attached hydrogens (tertiary/aromatic N) is 4. The van der Waals surface area contributed by atoms with E-state index in [1.165, 1.54) is 0 Å². The van der Waals surface area contributed by atoms with Crippen molar-refractivity contribution in [1.29, 1.82) is 0 Å². The van der Waals surface area contributed by atoms with Crippen LogP contribution in [-0.4, -0.2) is 35.1 Å². The van der Waals surface area contributed by atoms with Crippen molar-refractivity contribution < 1.29 is 21.6 Å². The highest BCUT2D eigenvalue weighted by Gasteiger charge is 2.45. The lowest BCUT2D eigenvalue weighted by Gasteiger charge is -2.00. The number of aromatic nitrogens is 3. The number of halogens is 3. The molecule has 2 aromatic rings. The lowest BCUT2D eigenvalue weighted by atomic mass is 10.3. The van der Waals surface area contributed by atoms with E-state index < -0.39 is 15.5 Å². The molecule has 10 heteroatoms. The number of rotatable bonds is 3. The van der Waals surface area contributed by atoms with E-state index in [-0.39, 0.29) is 5.69 Å². The smallest absolute Gasteiger partial charge is 0.195 e. The zero-order valence-electron chi connectivity index (χ0n) is 9.69. The Labute approximate surface area is 111 Å². The molecule has 0 aliphatic rings. The molecule has 1 heterocycles. The molecule has 6 nitrogen and oxygen atoms in total. The van der Waals surface area contributed by atoms with Crippen LogP contribution in [0.1, 0.15) is 5.69 Å². The van der Waals surface area contributed by atoms with Crippen molar-refractivity contribution in [2.75, 3.05) is 0 Å². The second-order valence-corrected chi connectivity index (χ2v) is 5.17. The molecule has 0 unspecified atom stereocenters. The van der Waals surface area contributed by atoms with Gasteiger partial charge in [-0.15, -0.1) is 5.10 Å². The molecule has 20 heavy (non-hydrogen) atoms. The monoisotopic (exact) mass is 304 g/mol. The van der Waals surface area contributed by atoms with Gasteiger partial charge in [0, 0.05) is 0 Å². The first-order valence-corrected chi connectivity index (χ1v) is 6.58. The zero-order valence-corrected chi connectivity index (χ0v) is 10.5. The van der Waals surface area contributed by atoms with E-state index in [9.17, 15) is 21.6 Å². The van der Waals surface area contributed by atoms with Gasteiger partial charge in [0.25, 0.3) is 0 Å². The highest BCUT2D eigenvalue weighted by atomic mass is 32.2. The van der Waals surface area contributed by atoms with E-state index in [4.69, 9.17) is 0 Å². The lowest BCUT2D eigenvalue weighted by Crippen LogP contribution is -2.20. The minimum atomic E-state index is -5.56. The van der Waals surface area contributed by atoms with Crippen LogP contribution in [0.3, 0.4) is 0 Å². The molecule has 0 aliphatic carbocycles. The Balaban J connectivity index is 2.23. The summed E-state index contributed by atoms with van der Waals surface area (Å²) >= 11 is 0. The molecule has 0 saturated carbocycles. The molecular formula is C10H7F3N4O2S. The summed E-state index contributed by atoms with van der Waals surface area (Å²) in [6, 6.07) is 8.56. The molecule has 1 aromatic heterocycles. The van der Waals surface area contributed by atoms with Crippen LogP contribution < -0.4 is 0 Å². The standard InChI is InChI=1S/C10H7F3N4O2S/c11-10(12,13)20(18,19)15-7-8-6-14-17(16-8)9-4-2-1-3-5-9/h1-7H. The fraction of sp³-hybridized carbons (Fsp3) is 0.100. The van der Waals surface area contributed by atoms with Crippen LogP contribution in [-0.2, 0) is 10.0 Å². The van der Waals surface area contributed by atoms with Gasteiger partial charge >= 0.3 is 15.5 Å². The third kappa shape index (κ3) is 3.02. The summed E-state index contributed by atoms with van der Waals surface area (Å²) in [6.07, 6.45) is 1.59. The molecule has 0 radical (unpaired) electrons. The molecule has 0 N–H and O–H groups in total. The third-order valence-corrected chi connectivity index (χ3v) is 3.08. The summed E-state index contributed by atoms with van der Waals surface area (Å²) in [4.78, 5) is 1.14. The maximum absolute atomic E-state index is 12.1. The highest BCUT2D eigenvalue weighted by Crippen LogP contribution is 2.24. The quantitative estimate of drug-likeness (QED) is 0.806. The Morgan fingerprint density at radius 3 is 2.45 bits per heavy atom. The number of benzene rings is 1. The van der Waals surface area contributed by atoms with Gasteiger partial charge < -0.3 is 0 Å². The summed E-state index contributed by atoms with van der Waals surface area (Å²) < 4.78 is 60.1. The molecule has 2 rings (SSSR count). The van der Waals surface area contributed by atoms with Gasteiger partial charge in [-0.1, -0.05) is 18.2 Å². The van der Waals surface area contributed by atoms with Crippen LogP contribution in [0.2, 0.25) is 0 Å². The first-order chi connectivity index (χ1) is 9.29. The van der Waals surface area contributed by atoms with Crippen LogP contribution >= 0.6 is 0 Å². The first kappa shape index (κ1) is 14.2. The number of hydrogen-bond donors (Lipinski definition) is 0. The van der Waals surface area contributed by atoms with Crippen LogP contribution in [0, 0.1) is 0 Å². The molecule has 1 aromatic carbocycles. The Morgan fingerprint density at radius 2 is 1.85 bits per heavy atom. The van der Waals surface area contributed by atoms with E-state index in [1.54, 1.807) is 30.3 Å². The van der Waals surface area contributed by atoms with Crippen molar-refractivity contribution in [1.82, 2.24) is 15.0 Å². The third-order valence-electron chi connectivity index (χ3n) is 2.11. The van der Waals surface area contributed by atoms with E-state index in [1.807, 2.05) is 0 Å². The average molecular weight is 304 g/mol. The summed E-state index contributed by atoms with van der Waals surface area (Å²) in [5.41, 5.74) is -4.97. The Hall–Kier alpha value is -2.23. The van der Waals surface area contributed by atoms with Crippen LogP contribution in [0.15, 0.2) is 40.9 Å². The molecule has 0 saturated heterocycles. The SMILES string of the molecule is O=S(=O)(N=Cc1cnn(-c2ccccc2)n1)C(F)(F)F. The van der Waals surface area contributed by atoms with Crippen LogP contribution in [0.25, 0.3) is 5.69 Å².